The zero-order chi connectivity index (χ0) is 11.1. The molecular formula is C12H13NO2. The number of hydrogen-bond acceptors (Lipinski definition) is 2. The number of rotatable bonds is 2. The topological polar surface area (TPSA) is 49.7 Å². The molecule has 0 bridgehead atoms. The average molecular weight is 203 g/mol. The van der Waals surface area contributed by atoms with Gasteiger partial charge in [0.1, 0.15) is 0 Å². The molecular weight excluding hydrogens is 190 g/mol. The predicted octanol–water partition coefficient (Wildman–Crippen LogP) is 2.53. The molecule has 15 heavy (non-hydrogen) atoms. The minimum Gasteiger partial charge on any atom is -0.481 e. The summed E-state index contributed by atoms with van der Waals surface area (Å²) in [6, 6.07) is 7.72. The number of benzene rings is 1. The average Bonchev–Trinajstić information content (AvgIpc) is 2.39. The van der Waals surface area contributed by atoms with Crippen LogP contribution < -0.4 is 0 Å². The molecule has 1 aliphatic rings. The van der Waals surface area contributed by atoms with Crippen molar-refractivity contribution in [2.75, 3.05) is 0 Å². The van der Waals surface area contributed by atoms with Gasteiger partial charge in [0, 0.05) is 11.1 Å². The van der Waals surface area contributed by atoms with Crippen LogP contribution in [0.15, 0.2) is 29.3 Å². The summed E-state index contributed by atoms with van der Waals surface area (Å²) < 4.78 is 0. The predicted molar refractivity (Wildman–Crippen MR) is 58.8 cm³/mol. The molecule has 1 N–H and O–H groups in total. The maximum atomic E-state index is 10.9. The molecule has 0 saturated heterocycles. The van der Waals surface area contributed by atoms with Gasteiger partial charge in [0.2, 0.25) is 0 Å². The molecule has 0 aromatic heterocycles. The van der Waals surface area contributed by atoms with Gasteiger partial charge in [0.05, 0.1) is 12.1 Å². The number of aliphatic imine (C=N–C) groups is 1. The van der Waals surface area contributed by atoms with Crippen LogP contribution in [0.3, 0.4) is 0 Å². The SMILES string of the molecule is CC1=Nc2ccccc2C1(C)CC(=O)O. The van der Waals surface area contributed by atoms with Gasteiger partial charge in [0.15, 0.2) is 0 Å². The van der Waals surface area contributed by atoms with E-state index in [0.29, 0.717) is 0 Å². The van der Waals surface area contributed by atoms with Crippen LogP contribution >= 0.6 is 0 Å². The van der Waals surface area contributed by atoms with E-state index in [2.05, 4.69) is 4.99 Å². The van der Waals surface area contributed by atoms with Crippen molar-refractivity contribution in [3.8, 4) is 0 Å². The summed E-state index contributed by atoms with van der Waals surface area (Å²) in [7, 11) is 0. The Balaban J connectivity index is 2.51. The molecule has 3 heteroatoms. The van der Waals surface area contributed by atoms with Crippen LogP contribution in [-0.4, -0.2) is 16.8 Å². The minimum atomic E-state index is -0.788. The number of aliphatic carboxylic acids is 1. The third-order valence-electron chi connectivity index (χ3n) is 3.09. The first-order chi connectivity index (χ1) is 7.04. The Bertz CT molecular complexity index is 451. The standard InChI is InChI=1S/C12H13NO2/c1-8-12(2,7-11(14)15)9-5-3-4-6-10(9)13-8/h3-6H,7H2,1-2H3,(H,14,15). The largest absolute Gasteiger partial charge is 0.481 e. The molecule has 1 aromatic rings. The summed E-state index contributed by atoms with van der Waals surface area (Å²) in [6.45, 7) is 3.83. The maximum absolute atomic E-state index is 10.9. The molecule has 1 heterocycles. The monoisotopic (exact) mass is 203 g/mol. The summed E-state index contributed by atoms with van der Waals surface area (Å²) >= 11 is 0. The van der Waals surface area contributed by atoms with Crippen molar-refractivity contribution < 1.29 is 9.90 Å². The van der Waals surface area contributed by atoms with E-state index in [0.717, 1.165) is 17.0 Å². The van der Waals surface area contributed by atoms with Gasteiger partial charge in [-0.3, -0.25) is 9.79 Å². The molecule has 0 spiro atoms. The zero-order valence-electron chi connectivity index (χ0n) is 8.82. The smallest absolute Gasteiger partial charge is 0.304 e. The summed E-state index contributed by atoms with van der Waals surface area (Å²) in [4.78, 5) is 15.3. The van der Waals surface area contributed by atoms with E-state index in [1.165, 1.54) is 0 Å². The second-order valence-corrected chi connectivity index (χ2v) is 4.12. The van der Waals surface area contributed by atoms with Crippen molar-refractivity contribution >= 4 is 17.4 Å². The molecule has 1 aliphatic heterocycles. The summed E-state index contributed by atoms with van der Waals surface area (Å²) in [6.07, 6.45) is 0.0966. The van der Waals surface area contributed by atoms with Crippen molar-refractivity contribution in [1.82, 2.24) is 0 Å². The number of para-hydroxylation sites is 1. The number of carboxylic acid groups (broad SMARTS) is 1. The molecule has 0 radical (unpaired) electrons. The van der Waals surface area contributed by atoms with Crippen LogP contribution in [0.1, 0.15) is 25.8 Å². The molecule has 0 fully saturated rings. The van der Waals surface area contributed by atoms with Crippen LogP contribution in [0.5, 0.6) is 0 Å². The minimum absolute atomic E-state index is 0.0966. The lowest BCUT2D eigenvalue weighted by Crippen LogP contribution is -2.30. The van der Waals surface area contributed by atoms with Crippen LogP contribution in [0.2, 0.25) is 0 Å². The fourth-order valence-corrected chi connectivity index (χ4v) is 2.06. The second-order valence-electron chi connectivity index (χ2n) is 4.12. The van der Waals surface area contributed by atoms with E-state index in [1.54, 1.807) is 0 Å². The van der Waals surface area contributed by atoms with Crippen LogP contribution in [-0.2, 0) is 10.2 Å². The Morgan fingerprint density at radius 2 is 2.13 bits per heavy atom. The summed E-state index contributed by atoms with van der Waals surface area (Å²) in [5, 5.41) is 8.93. The Labute approximate surface area is 88.5 Å². The third kappa shape index (κ3) is 1.44. The highest BCUT2D eigenvalue weighted by Crippen LogP contribution is 2.41. The molecule has 1 atom stereocenters. The number of nitrogens with zero attached hydrogens (tertiary/aromatic N) is 1. The van der Waals surface area contributed by atoms with Gasteiger partial charge >= 0.3 is 5.97 Å². The Kier molecular flexibility index (Phi) is 2.11. The summed E-state index contributed by atoms with van der Waals surface area (Å²) in [5.74, 6) is -0.788. The third-order valence-corrected chi connectivity index (χ3v) is 3.09. The normalized spacial score (nSPS) is 23.5. The zero-order valence-corrected chi connectivity index (χ0v) is 8.82. The van der Waals surface area contributed by atoms with Crippen molar-refractivity contribution in [2.24, 2.45) is 4.99 Å². The second kappa shape index (κ2) is 3.19. The maximum Gasteiger partial charge on any atom is 0.304 e. The quantitative estimate of drug-likeness (QED) is 0.802. The highest BCUT2D eigenvalue weighted by molar-refractivity contribution is 6.02. The molecule has 1 unspecified atom stereocenters. The first-order valence-corrected chi connectivity index (χ1v) is 4.91. The van der Waals surface area contributed by atoms with E-state index in [1.807, 2.05) is 38.1 Å². The van der Waals surface area contributed by atoms with Gasteiger partial charge in [-0.2, -0.15) is 0 Å². The molecule has 0 saturated carbocycles. The van der Waals surface area contributed by atoms with Crippen LogP contribution in [0.25, 0.3) is 0 Å². The van der Waals surface area contributed by atoms with Gasteiger partial charge in [0.25, 0.3) is 0 Å². The summed E-state index contributed by atoms with van der Waals surface area (Å²) in [5.41, 5.74) is 2.36. The van der Waals surface area contributed by atoms with Crippen molar-refractivity contribution in [1.29, 1.82) is 0 Å². The highest BCUT2D eigenvalue weighted by Gasteiger charge is 2.38. The van der Waals surface area contributed by atoms with E-state index >= 15 is 0 Å². The van der Waals surface area contributed by atoms with E-state index in [9.17, 15) is 4.79 Å². The molecule has 3 nitrogen and oxygen atoms in total. The van der Waals surface area contributed by atoms with Crippen LogP contribution in [0, 0.1) is 0 Å². The molecule has 2 rings (SSSR count). The highest BCUT2D eigenvalue weighted by atomic mass is 16.4. The van der Waals surface area contributed by atoms with Crippen molar-refractivity contribution in [2.45, 2.75) is 25.7 Å². The Morgan fingerprint density at radius 1 is 1.47 bits per heavy atom. The lowest BCUT2D eigenvalue weighted by atomic mass is 9.77. The molecule has 78 valence electrons. The Hall–Kier alpha value is -1.64. The van der Waals surface area contributed by atoms with Crippen molar-refractivity contribution in [3.63, 3.8) is 0 Å². The molecule has 0 aliphatic carbocycles. The number of carboxylic acids is 1. The lowest BCUT2D eigenvalue weighted by molar-refractivity contribution is -0.137. The number of carbonyl (C=O) groups is 1. The lowest BCUT2D eigenvalue weighted by Gasteiger charge is -2.23. The number of fused-ring (bicyclic) bond motifs is 1. The van der Waals surface area contributed by atoms with E-state index in [-0.39, 0.29) is 6.42 Å². The molecule has 1 aromatic carbocycles. The van der Waals surface area contributed by atoms with Gasteiger partial charge < -0.3 is 5.11 Å². The first-order valence-electron chi connectivity index (χ1n) is 4.91. The van der Waals surface area contributed by atoms with Gasteiger partial charge in [-0.15, -0.1) is 0 Å². The Morgan fingerprint density at radius 3 is 2.80 bits per heavy atom. The number of hydrogen-bond donors (Lipinski definition) is 1. The van der Waals surface area contributed by atoms with Crippen LogP contribution in [0.4, 0.5) is 5.69 Å². The first kappa shape index (κ1) is 9.90. The molecule has 0 amide bonds. The van der Waals surface area contributed by atoms with Gasteiger partial charge in [-0.25, -0.2) is 0 Å². The van der Waals surface area contributed by atoms with Gasteiger partial charge in [-0.1, -0.05) is 18.2 Å². The van der Waals surface area contributed by atoms with Gasteiger partial charge in [-0.05, 0) is 25.5 Å². The van der Waals surface area contributed by atoms with Crippen molar-refractivity contribution in [3.05, 3.63) is 29.8 Å². The van der Waals surface area contributed by atoms with E-state index in [4.69, 9.17) is 5.11 Å². The fraction of sp³-hybridized carbons (Fsp3) is 0.333. The fourth-order valence-electron chi connectivity index (χ4n) is 2.06. The van der Waals surface area contributed by atoms with E-state index < -0.39 is 11.4 Å².